The molecule has 1 heterocycles. The van der Waals surface area contributed by atoms with Crippen LogP contribution >= 0.6 is 11.3 Å². The molecule has 0 radical (unpaired) electrons. The second kappa shape index (κ2) is 4.46. The molecule has 0 amide bonds. The molecule has 0 bridgehead atoms. The van der Waals surface area contributed by atoms with E-state index in [0.717, 1.165) is 10.5 Å². The van der Waals surface area contributed by atoms with Crippen molar-refractivity contribution < 1.29 is 0 Å². The van der Waals surface area contributed by atoms with Crippen LogP contribution in [-0.2, 0) is 5.41 Å². The third-order valence-corrected chi connectivity index (χ3v) is 4.34. The molecular weight excluding hydrogens is 250 g/mol. The van der Waals surface area contributed by atoms with E-state index >= 15 is 0 Å². The zero-order valence-corrected chi connectivity index (χ0v) is 12.3. The first-order valence-corrected chi connectivity index (χ1v) is 7.32. The van der Waals surface area contributed by atoms with Crippen molar-refractivity contribution >= 4 is 21.6 Å². The maximum absolute atomic E-state index is 4.72. The van der Waals surface area contributed by atoms with Gasteiger partial charge in [-0.2, -0.15) is 0 Å². The molecule has 96 valence electrons. The van der Waals surface area contributed by atoms with Crippen LogP contribution < -0.4 is 0 Å². The minimum absolute atomic E-state index is 0.186. The van der Waals surface area contributed by atoms with Crippen molar-refractivity contribution in [2.45, 2.75) is 26.2 Å². The SMILES string of the molecule is CC(C)(C)c1ccc2nc(-c3ccccc3)sc2c1. The summed E-state index contributed by atoms with van der Waals surface area (Å²) in [6.45, 7) is 6.73. The van der Waals surface area contributed by atoms with Gasteiger partial charge < -0.3 is 0 Å². The highest BCUT2D eigenvalue weighted by atomic mass is 32.1. The van der Waals surface area contributed by atoms with Crippen molar-refractivity contribution in [3.05, 3.63) is 54.1 Å². The van der Waals surface area contributed by atoms with Crippen LogP contribution in [0.25, 0.3) is 20.8 Å². The van der Waals surface area contributed by atoms with Crippen molar-refractivity contribution in [1.82, 2.24) is 4.98 Å². The lowest BCUT2D eigenvalue weighted by Gasteiger charge is -2.18. The van der Waals surface area contributed by atoms with E-state index in [1.54, 1.807) is 11.3 Å². The van der Waals surface area contributed by atoms with Crippen molar-refractivity contribution in [3.8, 4) is 10.6 Å². The quantitative estimate of drug-likeness (QED) is 0.586. The van der Waals surface area contributed by atoms with E-state index in [1.807, 2.05) is 6.07 Å². The molecule has 2 aromatic carbocycles. The summed E-state index contributed by atoms with van der Waals surface area (Å²) >= 11 is 1.77. The van der Waals surface area contributed by atoms with Crippen LogP contribution in [0.2, 0.25) is 0 Å². The second-order valence-electron chi connectivity index (χ2n) is 5.82. The summed E-state index contributed by atoms with van der Waals surface area (Å²) < 4.78 is 1.27. The number of hydrogen-bond donors (Lipinski definition) is 0. The van der Waals surface area contributed by atoms with Crippen LogP contribution in [0.4, 0.5) is 0 Å². The summed E-state index contributed by atoms with van der Waals surface area (Å²) in [5, 5.41) is 1.10. The zero-order valence-electron chi connectivity index (χ0n) is 11.5. The first kappa shape index (κ1) is 12.4. The van der Waals surface area contributed by atoms with Gasteiger partial charge in [0.05, 0.1) is 10.2 Å². The summed E-state index contributed by atoms with van der Waals surface area (Å²) in [5.74, 6) is 0. The Balaban J connectivity index is 2.12. The van der Waals surface area contributed by atoms with E-state index in [0.29, 0.717) is 0 Å². The van der Waals surface area contributed by atoms with Gasteiger partial charge in [-0.3, -0.25) is 0 Å². The summed E-state index contributed by atoms with van der Waals surface area (Å²) in [7, 11) is 0. The Morgan fingerprint density at radius 2 is 1.68 bits per heavy atom. The molecule has 3 aromatic rings. The highest BCUT2D eigenvalue weighted by Gasteiger charge is 2.15. The average Bonchev–Trinajstić information content (AvgIpc) is 2.81. The Kier molecular flexibility index (Phi) is 2.90. The van der Waals surface area contributed by atoms with E-state index in [1.165, 1.54) is 15.8 Å². The van der Waals surface area contributed by atoms with E-state index in [4.69, 9.17) is 4.98 Å². The first-order chi connectivity index (χ1) is 9.04. The smallest absolute Gasteiger partial charge is 0.124 e. The zero-order chi connectivity index (χ0) is 13.5. The molecule has 0 aliphatic carbocycles. The van der Waals surface area contributed by atoms with Crippen molar-refractivity contribution in [3.63, 3.8) is 0 Å². The molecule has 19 heavy (non-hydrogen) atoms. The minimum Gasteiger partial charge on any atom is -0.236 e. The minimum atomic E-state index is 0.186. The normalized spacial score (nSPS) is 11.9. The lowest BCUT2D eigenvalue weighted by Crippen LogP contribution is -2.10. The van der Waals surface area contributed by atoms with Gasteiger partial charge in [-0.15, -0.1) is 11.3 Å². The van der Waals surface area contributed by atoms with Gasteiger partial charge in [-0.25, -0.2) is 4.98 Å². The largest absolute Gasteiger partial charge is 0.236 e. The van der Waals surface area contributed by atoms with E-state index < -0.39 is 0 Å². The Morgan fingerprint density at radius 1 is 0.947 bits per heavy atom. The van der Waals surface area contributed by atoms with Gasteiger partial charge in [-0.05, 0) is 23.1 Å². The molecule has 0 saturated heterocycles. The van der Waals surface area contributed by atoms with E-state index in [9.17, 15) is 0 Å². The van der Waals surface area contributed by atoms with Crippen molar-refractivity contribution in [1.29, 1.82) is 0 Å². The van der Waals surface area contributed by atoms with Crippen LogP contribution in [0.15, 0.2) is 48.5 Å². The number of aromatic nitrogens is 1. The third kappa shape index (κ3) is 2.41. The monoisotopic (exact) mass is 267 g/mol. The summed E-state index contributed by atoms with van der Waals surface area (Å²) in [6, 6.07) is 17.0. The van der Waals surface area contributed by atoms with Crippen LogP contribution in [0.5, 0.6) is 0 Å². The lowest BCUT2D eigenvalue weighted by atomic mass is 9.87. The Bertz CT molecular complexity index is 705. The van der Waals surface area contributed by atoms with E-state index in [-0.39, 0.29) is 5.41 Å². The molecule has 0 N–H and O–H groups in total. The number of hydrogen-bond acceptors (Lipinski definition) is 2. The fourth-order valence-electron chi connectivity index (χ4n) is 2.10. The maximum atomic E-state index is 4.72. The van der Waals surface area contributed by atoms with Crippen molar-refractivity contribution in [2.24, 2.45) is 0 Å². The molecule has 0 fully saturated rings. The van der Waals surface area contributed by atoms with Gasteiger partial charge in [-0.1, -0.05) is 57.2 Å². The highest BCUT2D eigenvalue weighted by molar-refractivity contribution is 7.21. The average molecular weight is 267 g/mol. The molecule has 0 aliphatic heterocycles. The van der Waals surface area contributed by atoms with Gasteiger partial charge in [0.1, 0.15) is 5.01 Å². The van der Waals surface area contributed by atoms with Gasteiger partial charge in [0, 0.05) is 5.56 Å². The lowest BCUT2D eigenvalue weighted by molar-refractivity contribution is 0.591. The summed E-state index contributed by atoms with van der Waals surface area (Å²) in [5.41, 5.74) is 3.84. The van der Waals surface area contributed by atoms with Crippen LogP contribution in [0, 0.1) is 0 Å². The molecule has 3 rings (SSSR count). The van der Waals surface area contributed by atoms with Crippen LogP contribution in [0.1, 0.15) is 26.3 Å². The fourth-order valence-corrected chi connectivity index (χ4v) is 3.11. The number of rotatable bonds is 1. The van der Waals surface area contributed by atoms with Gasteiger partial charge in [0.2, 0.25) is 0 Å². The molecular formula is C17H17NS. The molecule has 2 heteroatoms. The van der Waals surface area contributed by atoms with Crippen LogP contribution in [-0.4, -0.2) is 4.98 Å². The molecule has 0 atom stereocenters. The number of fused-ring (bicyclic) bond motifs is 1. The molecule has 0 spiro atoms. The summed E-state index contributed by atoms with van der Waals surface area (Å²) in [4.78, 5) is 4.72. The van der Waals surface area contributed by atoms with Gasteiger partial charge >= 0.3 is 0 Å². The van der Waals surface area contributed by atoms with Gasteiger partial charge in [0.25, 0.3) is 0 Å². The highest BCUT2D eigenvalue weighted by Crippen LogP contribution is 2.33. The Morgan fingerprint density at radius 3 is 2.37 bits per heavy atom. The molecule has 0 saturated carbocycles. The Labute approximate surface area is 117 Å². The summed E-state index contributed by atoms with van der Waals surface area (Å²) in [6.07, 6.45) is 0. The van der Waals surface area contributed by atoms with Crippen molar-refractivity contribution in [2.75, 3.05) is 0 Å². The maximum Gasteiger partial charge on any atom is 0.124 e. The Hall–Kier alpha value is -1.67. The predicted octanol–water partition coefficient (Wildman–Crippen LogP) is 5.26. The molecule has 0 unspecified atom stereocenters. The fraction of sp³-hybridized carbons (Fsp3) is 0.235. The standard InChI is InChI=1S/C17H17NS/c1-17(2,3)13-9-10-14-15(11-13)19-16(18-14)12-7-5-4-6-8-12/h4-11H,1-3H3. The number of thiazole rings is 1. The molecule has 1 nitrogen and oxygen atoms in total. The first-order valence-electron chi connectivity index (χ1n) is 6.50. The second-order valence-corrected chi connectivity index (χ2v) is 6.85. The van der Waals surface area contributed by atoms with E-state index in [2.05, 4.69) is 63.2 Å². The molecule has 0 aliphatic rings. The number of nitrogens with zero attached hydrogens (tertiary/aromatic N) is 1. The predicted molar refractivity (Wildman–Crippen MR) is 83.8 cm³/mol. The van der Waals surface area contributed by atoms with Gasteiger partial charge in [0.15, 0.2) is 0 Å². The number of benzene rings is 2. The topological polar surface area (TPSA) is 12.9 Å². The molecule has 1 aromatic heterocycles. The van der Waals surface area contributed by atoms with Crippen LogP contribution in [0.3, 0.4) is 0 Å². The third-order valence-electron chi connectivity index (χ3n) is 3.28.